The minimum absolute atomic E-state index is 0.304. The molecule has 1 atom stereocenters. The Kier molecular flexibility index (Phi) is 3.75. The lowest BCUT2D eigenvalue weighted by molar-refractivity contribution is 0.176. The molecule has 2 aromatic heterocycles. The first-order chi connectivity index (χ1) is 9.83. The Balaban J connectivity index is 2.00. The monoisotopic (exact) mass is 288 g/mol. The molecule has 0 unspecified atom stereocenters. The molecule has 3 rings (SSSR count). The second-order valence-corrected chi connectivity index (χ2v) is 5.54. The molecule has 6 heteroatoms. The van der Waals surface area contributed by atoms with E-state index in [0.29, 0.717) is 12.5 Å². The zero-order valence-corrected chi connectivity index (χ0v) is 12.3. The molecule has 0 aliphatic heterocycles. The minimum atomic E-state index is 0.304. The molecule has 0 N–H and O–H groups in total. The van der Waals surface area contributed by atoms with Crippen LogP contribution in [0.4, 0.5) is 0 Å². The van der Waals surface area contributed by atoms with Crippen LogP contribution in [0.15, 0.2) is 30.3 Å². The number of hydrogen-bond donors (Lipinski definition) is 0. The van der Waals surface area contributed by atoms with Crippen LogP contribution in [0.5, 0.6) is 0 Å². The van der Waals surface area contributed by atoms with E-state index < -0.39 is 0 Å². The number of methoxy groups -OCH3 is 1. The van der Waals surface area contributed by atoms with Crippen LogP contribution in [-0.2, 0) is 11.3 Å². The molecule has 0 aliphatic carbocycles. The Labute approximate surface area is 121 Å². The van der Waals surface area contributed by atoms with Crippen LogP contribution < -0.4 is 0 Å². The third kappa shape index (κ3) is 2.32. The Morgan fingerprint density at radius 3 is 2.75 bits per heavy atom. The maximum Gasteiger partial charge on any atom is 0.234 e. The first-order valence-electron chi connectivity index (χ1n) is 6.58. The standard InChI is InChI=1S/C14H16N4OS/c1-3-11(10-7-5-4-6-8-10)13-17-18-12(9-19-2)15-16-14(18)20-13/h4-8,11H,3,9H2,1-2H3/t11-/m1/s1. The smallest absolute Gasteiger partial charge is 0.234 e. The fourth-order valence-corrected chi connectivity index (χ4v) is 3.34. The zero-order chi connectivity index (χ0) is 13.9. The molecule has 0 saturated carbocycles. The fourth-order valence-electron chi connectivity index (χ4n) is 2.27. The summed E-state index contributed by atoms with van der Waals surface area (Å²) < 4.78 is 6.90. The molecule has 0 radical (unpaired) electrons. The van der Waals surface area contributed by atoms with Gasteiger partial charge in [-0.1, -0.05) is 48.6 Å². The van der Waals surface area contributed by atoms with Crippen molar-refractivity contribution >= 4 is 16.3 Å². The number of hydrogen-bond acceptors (Lipinski definition) is 5. The van der Waals surface area contributed by atoms with E-state index >= 15 is 0 Å². The van der Waals surface area contributed by atoms with Gasteiger partial charge in [0.15, 0.2) is 5.82 Å². The average molecular weight is 288 g/mol. The second kappa shape index (κ2) is 5.68. The van der Waals surface area contributed by atoms with Gasteiger partial charge in [-0.05, 0) is 12.0 Å². The number of rotatable bonds is 5. The molecule has 0 fully saturated rings. The molecule has 3 aromatic rings. The van der Waals surface area contributed by atoms with Gasteiger partial charge in [-0.2, -0.15) is 9.61 Å². The average Bonchev–Trinajstić information content (AvgIpc) is 3.04. The van der Waals surface area contributed by atoms with Crippen molar-refractivity contribution in [1.29, 1.82) is 0 Å². The Morgan fingerprint density at radius 2 is 2.05 bits per heavy atom. The quantitative estimate of drug-likeness (QED) is 0.724. The number of nitrogens with zero attached hydrogens (tertiary/aromatic N) is 4. The largest absolute Gasteiger partial charge is 0.377 e. The van der Waals surface area contributed by atoms with E-state index in [1.165, 1.54) is 5.56 Å². The van der Waals surface area contributed by atoms with Gasteiger partial charge in [-0.25, -0.2) is 0 Å². The molecule has 0 saturated heterocycles. The Morgan fingerprint density at radius 1 is 1.25 bits per heavy atom. The highest BCUT2D eigenvalue weighted by molar-refractivity contribution is 7.16. The summed E-state index contributed by atoms with van der Waals surface area (Å²) in [7, 11) is 1.65. The minimum Gasteiger partial charge on any atom is -0.377 e. The van der Waals surface area contributed by atoms with Crippen LogP contribution >= 0.6 is 11.3 Å². The highest BCUT2D eigenvalue weighted by Crippen LogP contribution is 2.30. The van der Waals surface area contributed by atoms with E-state index in [1.54, 1.807) is 23.0 Å². The Hall–Kier alpha value is -1.79. The van der Waals surface area contributed by atoms with Crippen molar-refractivity contribution in [2.45, 2.75) is 25.9 Å². The van der Waals surface area contributed by atoms with Crippen molar-refractivity contribution in [2.24, 2.45) is 0 Å². The molecule has 0 spiro atoms. The van der Waals surface area contributed by atoms with Crippen molar-refractivity contribution < 1.29 is 4.74 Å². The summed E-state index contributed by atoms with van der Waals surface area (Å²) in [4.78, 5) is 0.821. The van der Waals surface area contributed by atoms with Crippen molar-refractivity contribution in [1.82, 2.24) is 19.8 Å². The third-order valence-corrected chi connectivity index (χ3v) is 4.27. The normalized spacial score (nSPS) is 12.9. The molecular weight excluding hydrogens is 272 g/mol. The van der Waals surface area contributed by atoms with Gasteiger partial charge >= 0.3 is 0 Å². The van der Waals surface area contributed by atoms with Gasteiger partial charge in [0.25, 0.3) is 0 Å². The van der Waals surface area contributed by atoms with Crippen molar-refractivity contribution in [2.75, 3.05) is 7.11 Å². The van der Waals surface area contributed by atoms with E-state index in [2.05, 4.69) is 46.5 Å². The lowest BCUT2D eigenvalue weighted by Gasteiger charge is -2.11. The number of fused-ring (bicyclic) bond motifs is 1. The second-order valence-electron chi connectivity index (χ2n) is 4.56. The molecular formula is C14H16N4OS. The predicted octanol–water partition coefficient (Wildman–Crippen LogP) is 2.87. The van der Waals surface area contributed by atoms with E-state index in [1.807, 2.05) is 6.07 Å². The molecule has 5 nitrogen and oxygen atoms in total. The van der Waals surface area contributed by atoms with Crippen LogP contribution in [0.2, 0.25) is 0 Å². The van der Waals surface area contributed by atoms with Crippen molar-refractivity contribution in [3.05, 3.63) is 46.7 Å². The van der Waals surface area contributed by atoms with Gasteiger partial charge in [0.2, 0.25) is 4.96 Å². The summed E-state index contributed by atoms with van der Waals surface area (Å²) in [5.74, 6) is 1.05. The first kappa shape index (κ1) is 13.2. The molecule has 1 aromatic carbocycles. The maximum atomic E-state index is 5.12. The van der Waals surface area contributed by atoms with Crippen LogP contribution in [0.3, 0.4) is 0 Å². The lowest BCUT2D eigenvalue weighted by atomic mass is 9.97. The van der Waals surface area contributed by atoms with Gasteiger partial charge in [0.05, 0.1) is 0 Å². The number of benzene rings is 1. The van der Waals surface area contributed by atoms with Crippen LogP contribution in [-0.4, -0.2) is 26.9 Å². The highest BCUT2D eigenvalue weighted by atomic mass is 32.1. The van der Waals surface area contributed by atoms with Crippen LogP contribution in [0.25, 0.3) is 4.96 Å². The van der Waals surface area contributed by atoms with Gasteiger partial charge in [-0.3, -0.25) is 0 Å². The first-order valence-corrected chi connectivity index (χ1v) is 7.40. The molecule has 20 heavy (non-hydrogen) atoms. The van der Waals surface area contributed by atoms with Gasteiger partial charge < -0.3 is 4.74 Å². The summed E-state index contributed by atoms with van der Waals surface area (Å²) in [6, 6.07) is 10.5. The summed E-state index contributed by atoms with van der Waals surface area (Å²) in [5.41, 5.74) is 1.29. The predicted molar refractivity (Wildman–Crippen MR) is 77.9 cm³/mol. The summed E-state index contributed by atoms with van der Waals surface area (Å²) in [5, 5.41) is 14.0. The topological polar surface area (TPSA) is 52.3 Å². The van der Waals surface area contributed by atoms with Crippen molar-refractivity contribution in [3.63, 3.8) is 0 Å². The summed E-state index contributed by atoms with van der Waals surface area (Å²) in [6.07, 6.45) is 1.01. The van der Waals surface area contributed by atoms with E-state index in [0.717, 1.165) is 22.2 Å². The van der Waals surface area contributed by atoms with Gasteiger partial charge in [0, 0.05) is 13.0 Å². The Bertz CT molecular complexity index is 692. The highest BCUT2D eigenvalue weighted by Gasteiger charge is 2.19. The van der Waals surface area contributed by atoms with E-state index in [9.17, 15) is 0 Å². The van der Waals surface area contributed by atoms with Crippen molar-refractivity contribution in [3.8, 4) is 0 Å². The maximum absolute atomic E-state index is 5.12. The molecule has 0 amide bonds. The molecule has 2 heterocycles. The molecule has 104 valence electrons. The van der Waals surface area contributed by atoms with Gasteiger partial charge in [-0.15, -0.1) is 10.2 Å². The van der Waals surface area contributed by atoms with E-state index in [-0.39, 0.29) is 0 Å². The zero-order valence-electron chi connectivity index (χ0n) is 11.5. The summed E-state index contributed by atoms with van der Waals surface area (Å²) in [6.45, 7) is 2.60. The number of aromatic nitrogens is 4. The fraction of sp³-hybridized carbons (Fsp3) is 0.357. The van der Waals surface area contributed by atoms with E-state index in [4.69, 9.17) is 4.74 Å². The molecule has 0 bridgehead atoms. The van der Waals surface area contributed by atoms with Crippen LogP contribution in [0.1, 0.15) is 35.7 Å². The molecule has 0 aliphatic rings. The SMILES string of the molecule is CC[C@H](c1ccccc1)c1nn2c(COC)nnc2s1. The van der Waals surface area contributed by atoms with Crippen LogP contribution in [0, 0.1) is 0 Å². The summed E-state index contributed by atoms with van der Waals surface area (Å²) >= 11 is 1.59. The van der Waals surface area contributed by atoms with Gasteiger partial charge in [0.1, 0.15) is 11.6 Å². The lowest BCUT2D eigenvalue weighted by Crippen LogP contribution is -2.02. The number of ether oxygens (including phenoxy) is 1. The third-order valence-electron chi connectivity index (χ3n) is 3.25.